The molecule has 0 saturated carbocycles. The highest BCUT2D eigenvalue weighted by Gasteiger charge is 2.49. The second-order valence-corrected chi connectivity index (χ2v) is 5.03. The molecule has 0 radical (unpaired) electrons. The molecule has 0 aromatic heterocycles. The first kappa shape index (κ1) is 13.7. The number of rotatable bonds is 4. The van der Waals surface area contributed by atoms with E-state index >= 15 is 0 Å². The topological polar surface area (TPSA) is 57.6 Å². The lowest BCUT2D eigenvalue weighted by molar-refractivity contribution is -0.126. The van der Waals surface area contributed by atoms with Gasteiger partial charge in [0.1, 0.15) is 0 Å². The summed E-state index contributed by atoms with van der Waals surface area (Å²) in [5.41, 5.74) is 0.709. The third-order valence-corrected chi connectivity index (χ3v) is 4.10. The highest BCUT2D eigenvalue weighted by atomic mass is 16.3. The van der Waals surface area contributed by atoms with Crippen LogP contribution in [0, 0.1) is 5.41 Å². The molecule has 1 aliphatic heterocycles. The molecule has 1 aliphatic rings. The molecule has 0 aliphatic carbocycles. The Bertz CT molecular complexity index is 506. The minimum Gasteiger partial charge on any atom is -0.392 e. The smallest absolute Gasteiger partial charge is 0.240 e. The van der Waals surface area contributed by atoms with Crippen molar-refractivity contribution in [1.29, 1.82) is 0 Å². The van der Waals surface area contributed by atoms with E-state index in [-0.39, 0.29) is 24.8 Å². The molecule has 1 N–H and O–H groups in total. The van der Waals surface area contributed by atoms with Crippen molar-refractivity contribution in [3.8, 4) is 0 Å². The molecule has 0 atom stereocenters. The number of carbonyl (C=O) groups excluding carboxylic acids is 2. The minimum absolute atomic E-state index is 0.100. The maximum atomic E-state index is 12.5. The molecule has 1 fully saturated rings. The SMILES string of the molecule is CCC1(CC)CC(=O)N(c2cccc(CO)c2)C1=O. The van der Waals surface area contributed by atoms with Crippen molar-refractivity contribution in [2.45, 2.75) is 39.7 Å². The van der Waals surface area contributed by atoms with Gasteiger partial charge in [0.2, 0.25) is 11.8 Å². The summed E-state index contributed by atoms with van der Waals surface area (Å²) in [7, 11) is 0. The van der Waals surface area contributed by atoms with Crippen LogP contribution in [-0.2, 0) is 16.2 Å². The number of nitrogens with zero attached hydrogens (tertiary/aromatic N) is 1. The predicted molar refractivity (Wildman–Crippen MR) is 72.5 cm³/mol. The van der Waals surface area contributed by atoms with E-state index in [0.717, 1.165) is 0 Å². The van der Waals surface area contributed by atoms with Crippen LogP contribution in [-0.4, -0.2) is 16.9 Å². The first-order chi connectivity index (χ1) is 9.07. The second kappa shape index (κ2) is 5.13. The Morgan fingerprint density at radius 2 is 1.95 bits per heavy atom. The van der Waals surface area contributed by atoms with Crippen LogP contribution in [0.5, 0.6) is 0 Å². The van der Waals surface area contributed by atoms with Crippen LogP contribution in [0.25, 0.3) is 0 Å². The summed E-state index contributed by atoms with van der Waals surface area (Å²) in [6.45, 7) is 3.79. The zero-order valence-electron chi connectivity index (χ0n) is 11.3. The molecule has 1 aromatic carbocycles. The summed E-state index contributed by atoms with van der Waals surface area (Å²) in [6, 6.07) is 6.94. The number of anilines is 1. The molecular formula is C15H19NO3. The fraction of sp³-hybridized carbons (Fsp3) is 0.467. The molecule has 4 heteroatoms. The van der Waals surface area contributed by atoms with Crippen molar-refractivity contribution in [2.24, 2.45) is 5.41 Å². The van der Waals surface area contributed by atoms with Crippen molar-refractivity contribution in [3.05, 3.63) is 29.8 Å². The van der Waals surface area contributed by atoms with Gasteiger partial charge in [0.05, 0.1) is 17.7 Å². The van der Waals surface area contributed by atoms with Gasteiger partial charge in [-0.05, 0) is 30.5 Å². The van der Waals surface area contributed by atoms with Gasteiger partial charge in [-0.2, -0.15) is 0 Å². The van der Waals surface area contributed by atoms with E-state index in [9.17, 15) is 9.59 Å². The Morgan fingerprint density at radius 3 is 2.47 bits per heavy atom. The van der Waals surface area contributed by atoms with Crippen LogP contribution >= 0.6 is 0 Å². The van der Waals surface area contributed by atoms with Gasteiger partial charge in [0.15, 0.2) is 0 Å². The van der Waals surface area contributed by atoms with Gasteiger partial charge in [-0.25, -0.2) is 0 Å². The molecule has 1 saturated heterocycles. The molecule has 4 nitrogen and oxygen atoms in total. The molecule has 19 heavy (non-hydrogen) atoms. The average molecular weight is 261 g/mol. The number of carbonyl (C=O) groups is 2. The Hall–Kier alpha value is -1.68. The summed E-state index contributed by atoms with van der Waals surface area (Å²) in [5, 5.41) is 9.14. The highest BCUT2D eigenvalue weighted by molar-refractivity contribution is 6.22. The molecule has 0 spiro atoms. The van der Waals surface area contributed by atoms with Crippen LogP contribution in [0.1, 0.15) is 38.7 Å². The lowest BCUT2D eigenvalue weighted by Gasteiger charge is -2.23. The van der Waals surface area contributed by atoms with E-state index < -0.39 is 5.41 Å². The van der Waals surface area contributed by atoms with Crippen molar-refractivity contribution < 1.29 is 14.7 Å². The van der Waals surface area contributed by atoms with E-state index in [1.165, 1.54) is 4.90 Å². The monoisotopic (exact) mass is 261 g/mol. The summed E-state index contributed by atoms with van der Waals surface area (Å²) in [4.78, 5) is 26.0. The number of imide groups is 1. The molecule has 102 valence electrons. The first-order valence-electron chi connectivity index (χ1n) is 6.65. The normalized spacial score (nSPS) is 18.2. The fourth-order valence-corrected chi connectivity index (χ4v) is 2.65. The highest BCUT2D eigenvalue weighted by Crippen LogP contribution is 2.41. The van der Waals surface area contributed by atoms with E-state index in [1.807, 2.05) is 13.8 Å². The Kier molecular flexibility index (Phi) is 3.71. The first-order valence-corrected chi connectivity index (χ1v) is 6.65. The largest absolute Gasteiger partial charge is 0.392 e. The number of benzene rings is 1. The maximum Gasteiger partial charge on any atom is 0.240 e. The van der Waals surface area contributed by atoms with E-state index in [0.29, 0.717) is 24.1 Å². The molecular weight excluding hydrogens is 242 g/mol. The second-order valence-electron chi connectivity index (χ2n) is 5.03. The number of hydrogen-bond donors (Lipinski definition) is 1. The van der Waals surface area contributed by atoms with Crippen molar-refractivity contribution in [3.63, 3.8) is 0 Å². The molecule has 1 aromatic rings. The van der Waals surface area contributed by atoms with Crippen LogP contribution in [0.15, 0.2) is 24.3 Å². The van der Waals surface area contributed by atoms with Gasteiger partial charge in [0.25, 0.3) is 0 Å². The Morgan fingerprint density at radius 1 is 1.26 bits per heavy atom. The lowest BCUT2D eigenvalue weighted by Crippen LogP contribution is -2.35. The number of amides is 2. The number of hydrogen-bond acceptors (Lipinski definition) is 3. The fourth-order valence-electron chi connectivity index (χ4n) is 2.65. The van der Waals surface area contributed by atoms with Crippen molar-refractivity contribution >= 4 is 17.5 Å². The van der Waals surface area contributed by atoms with Crippen molar-refractivity contribution in [1.82, 2.24) is 0 Å². The zero-order valence-corrected chi connectivity index (χ0v) is 11.3. The van der Waals surface area contributed by atoms with Crippen LogP contribution < -0.4 is 4.90 Å². The summed E-state index contributed by atoms with van der Waals surface area (Å²) < 4.78 is 0. The zero-order chi connectivity index (χ0) is 14.0. The van der Waals surface area contributed by atoms with Crippen LogP contribution in [0.3, 0.4) is 0 Å². The van der Waals surface area contributed by atoms with Crippen molar-refractivity contribution in [2.75, 3.05) is 4.90 Å². The standard InChI is InChI=1S/C15H19NO3/c1-3-15(4-2)9-13(18)16(14(15)19)12-7-5-6-11(8-12)10-17/h5-8,17H,3-4,9-10H2,1-2H3. The van der Waals surface area contributed by atoms with Gasteiger partial charge in [-0.15, -0.1) is 0 Å². The van der Waals surface area contributed by atoms with Gasteiger partial charge >= 0.3 is 0 Å². The average Bonchev–Trinajstić information content (AvgIpc) is 2.70. The van der Waals surface area contributed by atoms with Gasteiger partial charge < -0.3 is 5.11 Å². The number of aliphatic hydroxyl groups is 1. The lowest BCUT2D eigenvalue weighted by atomic mass is 9.81. The molecule has 1 heterocycles. The van der Waals surface area contributed by atoms with Gasteiger partial charge in [-0.3, -0.25) is 14.5 Å². The quantitative estimate of drug-likeness (QED) is 0.846. The molecule has 0 bridgehead atoms. The predicted octanol–water partition coefficient (Wildman–Crippen LogP) is 2.25. The molecule has 2 amide bonds. The molecule has 2 rings (SSSR count). The van der Waals surface area contributed by atoms with Gasteiger partial charge in [-0.1, -0.05) is 26.0 Å². The van der Waals surface area contributed by atoms with Crippen LogP contribution in [0.2, 0.25) is 0 Å². The summed E-state index contributed by atoms with van der Waals surface area (Å²) in [6.07, 6.45) is 1.62. The van der Waals surface area contributed by atoms with E-state index in [2.05, 4.69) is 0 Å². The number of aliphatic hydroxyl groups excluding tert-OH is 1. The summed E-state index contributed by atoms with van der Waals surface area (Å²) in [5.74, 6) is -0.263. The Labute approximate surface area is 113 Å². The van der Waals surface area contributed by atoms with E-state index in [4.69, 9.17) is 5.11 Å². The third kappa shape index (κ3) is 2.16. The third-order valence-electron chi connectivity index (χ3n) is 4.10. The molecule has 0 unspecified atom stereocenters. The van der Waals surface area contributed by atoms with Gasteiger partial charge in [0, 0.05) is 6.42 Å². The van der Waals surface area contributed by atoms with Crippen LogP contribution in [0.4, 0.5) is 5.69 Å². The minimum atomic E-state index is -0.549. The Balaban J connectivity index is 2.40. The van der Waals surface area contributed by atoms with E-state index in [1.54, 1.807) is 24.3 Å². The summed E-state index contributed by atoms with van der Waals surface area (Å²) >= 11 is 0. The maximum absolute atomic E-state index is 12.5.